The largest absolute Gasteiger partial charge is 0.486 e. The molecular formula is C16H13ClN2O2. The van der Waals surface area contributed by atoms with Gasteiger partial charge in [0.05, 0.1) is 10.6 Å². The maximum Gasteiger partial charge on any atom is 0.161 e. The molecule has 3 rings (SSSR count). The summed E-state index contributed by atoms with van der Waals surface area (Å²) < 4.78 is 11.0. The van der Waals surface area contributed by atoms with Crippen molar-refractivity contribution in [2.24, 2.45) is 0 Å². The van der Waals surface area contributed by atoms with Gasteiger partial charge in [0, 0.05) is 12.2 Å². The highest BCUT2D eigenvalue weighted by Gasteiger charge is 2.11. The number of anilines is 1. The summed E-state index contributed by atoms with van der Waals surface area (Å²) in [7, 11) is 0. The summed E-state index contributed by atoms with van der Waals surface area (Å²) in [5.74, 6) is 1.55. The second-order valence-corrected chi connectivity index (χ2v) is 5.05. The van der Waals surface area contributed by atoms with Crippen LogP contribution in [0.15, 0.2) is 36.4 Å². The van der Waals surface area contributed by atoms with Crippen molar-refractivity contribution in [2.75, 3.05) is 18.5 Å². The Hall–Kier alpha value is -2.38. The van der Waals surface area contributed by atoms with E-state index < -0.39 is 0 Å². The number of ether oxygens (including phenoxy) is 2. The summed E-state index contributed by atoms with van der Waals surface area (Å²) in [5, 5.41) is 12.7. The highest BCUT2D eigenvalue weighted by Crippen LogP contribution is 2.31. The smallest absolute Gasteiger partial charge is 0.161 e. The molecule has 2 aromatic rings. The van der Waals surface area contributed by atoms with E-state index in [-0.39, 0.29) is 0 Å². The van der Waals surface area contributed by atoms with Crippen LogP contribution < -0.4 is 14.8 Å². The van der Waals surface area contributed by atoms with Gasteiger partial charge in [0.1, 0.15) is 19.3 Å². The lowest BCUT2D eigenvalue weighted by Crippen LogP contribution is -2.15. The molecule has 1 aliphatic heterocycles. The molecule has 106 valence electrons. The highest BCUT2D eigenvalue weighted by atomic mass is 35.5. The molecule has 0 aliphatic carbocycles. The number of halogens is 1. The molecule has 0 atom stereocenters. The Morgan fingerprint density at radius 3 is 2.71 bits per heavy atom. The maximum absolute atomic E-state index is 8.97. The van der Waals surface area contributed by atoms with Crippen LogP contribution in [0.1, 0.15) is 11.1 Å². The van der Waals surface area contributed by atoms with Gasteiger partial charge in [-0.15, -0.1) is 0 Å². The van der Waals surface area contributed by atoms with E-state index in [1.165, 1.54) is 0 Å². The van der Waals surface area contributed by atoms with Gasteiger partial charge in [-0.25, -0.2) is 0 Å². The van der Waals surface area contributed by atoms with Gasteiger partial charge in [-0.2, -0.15) is 5.26 Å². The minimum absolute atomic E-state index is 0.461. The summed E-state index contributed by atoms with van der Waals surface area (Å²) in [5.41, 5.74) is 2.39. The van der Waals surface area contributed by atoms with E-state index in [1.807, 2.05) is 24.3 Å². The topological polar surface area (TPSA) is 54.3 Å². The molecular weight excluding hydrogens is 288 g/mol. The predicted molar refractivity (Wildman–Crippen MR) is 80.9 cm³/mol. The molecule has 0 unspecified atom stereocenters. The van der Waals surface area contributed by atoms with Gasteiger partial charge in [-0.1, -0.05) is 17.7 Å². The van der Waals surface area contributed by atoms with Crippen molar-refractivity contribution in [3.63, 3.8) is 0 Å². The van der Waals surface area contributed by atoms with Crippen molar-refractivity contribution < 1.29 is 9.47 Å². The zero-order valence-electron chi connectivity index (χ0n) is 11.2. The van der Waals surface area contributed by atoms with Crippen LogP contribution in [0, 0.1) is 11.3 Å². The first-order valence-electron chi connectivity index (χ1n) is 6.58. The quantitative estimate of drug-likeness (QED) is 0.941. The van der Waals surface area contributed by atoms with Crippen LogP contribution in [-0.4, -0.2) is 13.2 Å². The Morgan fingerprint density at radius 1 is 1.10 bits per heavy atom. The lowest BCUT2D eigenvalue weighted by molar-refractivity contribution is 0.171. The first kappa shape index (κ1) is 13.6. The van der Waals surface area contributed by atoms with Crippen molar-refractivity contribution in [3.8, 4) is 17.6 Å². The van der Waals surface area contributed by atoms with Crippen LogP contribution in [0.3, 0.4) is 0 Å². The van der Waals surface area contributed by atoms with Gasteiger partial charge in [0.15, 0.2) is 11.5 Å². The monoisotopic (exact) mass is 300 g/mol. The standard InChI is InChI=1S/C16H13ClN2O2/c17-14-3-2-13(8-12(14)9-18)19-10-11-1-4-15-16(7-11)21-6-5-20-15/h1-4,7-8,19H,5-6,10H2. The Bertz CT molecular complexity index is 710. The van der Waals surface area contributed by atoms with E-state index in [9.17, 15) is 0 Å². The number of benzene rings is 2. The van der Waals surface area contributed by atoms with Crippen LogP contribution in [0.2, 0.25) is 5.02 Å². The Kier molecular flexibility index (Phi) is 3.85. The number of fused-ring (bicyclic) bond motifs is 1. The molecule has 21 heavy (non-hydrogen) atoms. The summed E-state index contributed by atoms with van der Waals surface area (Å²) >= 11 is 5.91. The SMILES string of the molecule is N#Cc1cc(NCc2ccc3c(c2)OCCO3)ccc1Cl. The first-order chi connectivity index (χ1) is 10.3. The molecule has 0 bridgehead atoms. The third-order valence-corrected chi connectivity index (χ3v) is 3.52. The van der Waals surface area contributed by atoms with Crippen LogP contribution in [0.5, 0.6) is 11.5 Å². The Labute approximate surface area is 127 Å². The molecule has 0 amide bonds. The van der Waals surface area contributed by atoms with E-state index >= 15 is 0 Å². The minimum Gasteiger partial charge on any atom is -0.486 e. The average molecular weight is 301 g/mol. The second kappa shape index (κ2) is 5.94. The van der Waals surface area contributed by atoms with Gasteiger partial charge in [-0.05, 0) is 35.9 Å². The molecule has 4 nitrogen and oxygen atoms in total. The zero-order chi connectivity index (χ0) is 14.7. The van der Waals surface area contributed by atoms with Gasteiger partial charge >= 0.3 is 0 Å². The molecule has 1 aliphatic rings. The van der Waals surface area contributed by atoms with Gasteiger partial charge in [0.2, 0.25) is 0 Å². The molecule has 0 spiro atoms. The van der Waals surface area contributed by atoms with Crippen molar-refractivity contribution in [3.05, 3.63) is 52.5 Å². The lowest BCUT2D eigenvalue weighted by atomic mass is 10.1. The van der Waals surface area contributed by atoms with Crippen LogP contribution in [-0.2, 0) is 6.54 Å². The lowest BCUT2D eigenvalue weighted by Gasteiger charge is -2.19. The number of rotatable bonds is 3. The van der Waals surface area contributed by atoms with Crippen molar-refractivity contribution in [2.45, 2.75) is 6.54 Å². The molecule has 0 radical (unpaired) electrons. The highest BCUT2D eigenvalue weighted by molar-refractivity contribution is 6.31. The van der Waals surface area contributed by atoms with E-state index in [4.69, 9.17) is 26.3 Å². The van der Waals surface area contributed by atoms with Crippen LogP contribution >= 0.6 is 11.6 Å². The van der Waals surface area contributed by atoms with Gasteiger partial charge < -0.3 is 14.8 Å². The number of nitrogens with zero attached hydrogens (tertiary/aromatic N) is 1. The minimum atomic E-state index is 0.461. The van der Waals surface area contributed by atoms with Gasteiger partial charge in [0.25, 0.3) is 0 Å². The van der Waals surface area contributed by atoms with Crippen molar-refractivity contribution in [1.29, 1.82) is 5.26 Å². The molecule has 1 heterocycles. The van der Waals surface area contributed by atoms with E-state index in [0.29, 0.717) is 30.3 Å². The van der Waals surface area contributed by atoms with E-state index in [0.717, 1.165) is 22.7 Å². The average Bonchev–Trinajstić information content (AvgIpc) is 2.54. The Morgan fingerprint density at radius 2 is 1.90 bits per heavy atom. The molecule has 0 aromatic heterocycles. The fourth-order valence-corrected chi connectivity index (χ4v) is 2.28. The van der Waals surface area contributed by atoms with Crippen LogP contribution in [0.25, 0.3) is 0 Å². The number of nitrogens with one attached hydrogen (secondary N) is 1. The summed E-state index contributed by atoms with van der Waals surface area (Å²) in [6.45, 7) is 1.79. The molecule has 1 N–H and O–H groups in total. The van der Waals surface area contributed by atoms with Crippen molar-refractivity contribution >= 4 is 17.3 Å². The van der Waals surface area contributed by atoms with Crippen LogP contribution in [0.4, 0.5) is 5.69 Å². The second-order valence-electron chi connectivity index (χ2n) is 4.64. The fraction of sp³-hybridized carbons (Fsp3) is 0.188. The molecule has 0 saturated heterocycles. The third kappa shape index (κ3) is 3.04. The summed E-state index contributed by atoms with van der Waals surface area (Å²) in [4.78, 5) is 0. The van der Waals surface area contributed by atoms with E-state index in [2.05, 4.69) is 11.4 Å². The molecule has 0 saturated carbocycles. The Balaban J connectivity index is 1.72. The maximum atomic E-state index is 8.97. The zero-order valence-corrected chi connectivity index (χ0v) is 12.0. The van der Waals surface area contributed by atoms with E-state index in [1.54, 1.807) is 12.1 Å². The first-order valence-corrected chi connectivity index (χ1v) is 6.96. The molecule has 0 fully saturated rings. The normalized spacial score (nSPS) is 12.6. The summed E-state index contributed by atoms with van der Waals surface area (Å²) in [6, 6.07) is 13.2. The predicted octanol–water partition coefficient (Wildman–Crippen LogP) is 3.59. The number of nitriles is 1. The van der Waals surface area contributed by atoms with Crippen molar-refractivity contribution in [1.82, 2.24) is 0 Å². The fourth-order valence-electron chi connectivity index (χ4n) is 2.12. The van der Waals surface area contributed by atoms with Gasteiger partial charge in [-0.3, -0.25) is 0 Å². The molecule has 2 aromatic carbocycles. The number of hydrogen-bond acceptors (Lipinski definition) is 4. The summed E-state index contributed by atoms with van der Waals surface area (Å²) in [6.07, 6.45) is 0. The molecule has 5 heteroatoms. The third-order valence-electron chi connectivity index (χ3n) is 3.19. The number of hydrogen-bond donors (Lipinski definition) is 1.